The number of fused-ring (bicyclic) bond motifs is 1. The lowest BCUT2D eigenvalue weighted by Gasteiger charge is -2.15. The molecule has 0 N–H and O–H groups in total. The maximum absolute atomic E-state index is 12.8. The second kappa shape index (κ2) is 6.14. The molecule has 1 aliphatic heterocycles. The first kappa shape index (κ1) is 15.7. The van der Waals surface area contributed by atoms with Crippen molar-refractivity contribution in [1.29, 1.82) is 0 Å². The molecule has 0 bridgehead atoms. The highest BCUT2D eigenvalue weighted by atomic mass is 16.2. The number of hydrogen-bond donors (Lipinski definition) is 0. The highest BCUT2D eigenvalue weighted by molar-refractivity contribution is 5.95. The van der Waals surface area contributed by atoms with Gasteiger partial charge in [-0.1, -0.05) is 13.3 Å². The molecule has 0 saturated carbocycles. The topological polar surface area (TPSA) is 55.2 Å². The fourth-order valence-electron chi connectivity index (χ4n) is 3.14. The summed E-state index contributed by atoms with van der Waals surface area (Å²) in [6.07, 6.45) is 3.93. The van der Waals surface area contributed by atoms with Gasteiger partial charge in [0.2, 0.25) is 11.8 Å². The highest BCUT2D eigenvalue weighted by Gasteiger charge is 2.35. The summed E-state index contributed by atoms with van der Waals surface area (Å²) in [4.78, 5) is 31.1. The van der Waals surface area contributed by atoms with Crippen molar-refractivity contribution in [3.63, 3.8) is 0 Å². The summed E-state index contributed by atoms with van der Waals surface area (Å²) in [5, 5.41) is 0. The number of amides is 1. The molecule has 0 radical (unpaired) electrons. The summed E-state index contributed by atoms with van der Waals surface area (Å²) in [5.41, 5.74) is 3.96. The van der Waals surface area contributed by atoms with Gasteiger partial charge in [0.25, 0.3) is 0 Å². The summed E-state index contributed by atoms with van der Waals surface area (Å²) < 4.78 is 1.61. The van der Waals surface area contributed by atoms with E-state index in [1.807, 2.05) is 30.9 Å². The Labute approximate surface area is 136 Å². The normalized spacial score (nSPS) is 18.1. The quantitative estimate of drug-likeness (QED) is 0.872. The summed E-state index contributed by atoms with van der Waals surface area (Å²) in [5.74, 6) is -0.199. The Bertz CT molecular complexity index is 763. The van der Waals surface area contributed by atoms with Gasteiger partial charge < -0.3 is 4.90 Å². The molecule has 1 unspecified atom stereocenters. The highest BCUT2D eigenvalue weighted by Crippen LogP contribution is 2.24. The van der Waals surface area contributed by atoms with E-state index in [9.17, 15) is 9.59 Å². The molecule has 1 amide bonds. The molecule has 2 aromatic rings. The van der Waals surface area contributed by atoms with Gasteiger partial charge in [0.15, 0.2) is 0 Å². The smallest absolute Gasteiger partial charge is 0.237 e. The van der Waals surface area contributed by atoms with Crippen LogP contribution in [0.25, 0.3) is 11.0 Å². The molecule has 1 aliphatic rings. The van der Waals surface area contributed by atoms with Crippen LogP contribution in [-0.2, 0) is 4.79 Å². The van der Waals surface area contributed by atoms with Crippen molar-refractivity contribution in [3.05, 3.63) is 29.6 Å². The van der Waals surface area contributed by atoms with Gasteiger partial charge in [-0.15, -0.1) is 0 Å². The molecule has 1 aromatic heterocycles. The van der Waals surface area contributed by atoms with Gasteiger partial charge in [0.1, 0.15) is 6.33 Å². The zero-order valence-electron chi connectivity index (χ0n) is 14.0. The van der Waals surface area contributed by atoms with Crippen molar-refractivity contribution >= 4 is 22.8 Å². The number of carbonyl (C=O) groups excluding carboxylic acids is 2. The van der Waals surface area contributed by atoms with Crippen molar-refractivity contribution in [2.24, 2.45) is 5.92 Å². The Hall–Kier alpha value is -2.17. The molecule has 5 heteroatoms. The van der Waals surface area contributed by atoms with E-state index >= 15 is 0 Å². The van der Waals surface area contributed by atoms with Crippen molar-refractivity contribution < 1.29 is 9.59 Å². The van der Waals surface area contributed by atoms with Crippen LogP contribution in [0.15, 0.2) is 18.5 Å². The molecular formula is C18H23N3O2. The average Bonchev–Trinajstić information content (AvgIpc) is 3.09. The van der Waals surface area contributed by atoms with Crippen LogP contribution in [0.5, 0.6) is 0 Å². The maximum atomic E-state index is 12.8. The third-order valence-electron chi connectivity index (χ3n) is 4.75. The Morgan fingerprint density at radius 1 is 1.30 bits per heavy atom. The van der Waals surface area contributed by atoms with Crippen molar-refractivity contribution in [2.45, 2.75) is 40.0 Å². The van der Waals surface area contributed by atoms with Gasteiger partial charge in [-0.05, 0) is 43.5 Å². The van der Waals surface area contributed by atoms with E-state index in [4.69, 9.17) is 0 Å². The van der Waals surface area contributed by atoms with Crippen molar-refractivity contribution in [3.8, 4) is 0 Å². The monoisotopic (exact) mass is 313 g/mol. The molecule has 5 nitrogen and oxygen atoms in total. The third-order valence-corrected chi connectivity index (χ3v) is 4.75. The predicted octanol–water partition coefficient (Wildman–Crippen LogP) is 2.94. The van der Waals surface area contributed by atoms with E-state index in [0.29, 0.717) is 13.0 Å². The van der Waals surface area contributed by atoms with Crippen LogP contribution >= 0.6 is 0 Å². The molecule has 1 atom stereocenters. The van der Waals surface area contributed by atoms with Crippen LogP contribution in [0.4, 0.5) is 0 Å². The van der Waals surface area contributed by atoms with Gasteiger partial charge in [-0.25, -0.2) is 4.98 Å². The lowest BCUT2D eigenvalue weighted by molar-refractivity contribution is -0.127. The van der Waals surface area contributed by atoms with E-state index in [1.165, 1.54) is 0 Å². The Balaban J connectivity index is 1.84. The second-order valence-corrected chi connectivity index (χ2v) is 6.47. The van der Waals surface area contributed by atoms with Crippen LogP contribution in [0, 0.1) is 19.8 Å². The fraction of sp³-hybridized carbons (Fsp3) is 0.500. The third kappa shape index (κ3) is 2.87. The van der Waals surface area contributed by atoms with Crippen molar-refractivity contribution in [2.75, 3.05) is 13.1 Å². The molecule has 122 valence electrons. The van der Waals surface area contributed by atoms with Crippen LogP contribution in [0.2, 0.25) is 0 Å². The van der Waals surface area contributed by atoms with E-state index in [-0.39, 0.29) is 17.7 Å². The zero-order valence-corrected chi connectivity index (χ0v) is 14.0. The fourth-order valence-corrected chi connectivity index (χ4v) is 3.14. The summed E-state index contributed by atoms with van der Waals surface area (Å²) in [7, 11) is 0. The minimum absolute atomic E-state index is 0.0249. The molecule has 3 rings (SSSR count). The van der Waals surface area contributed by atoms with E-state index in [2.05, 4.69) is 11.9 Å². The number of nitrogens with zero attached hydrogens (tertiary/aromatic N) is 3. The van der Waals surface area contributed by atoms with Gasteiger partial charge in [-0.3, -0.25) is 14.2 Å². The van der Waals surface area contributed by atoms with E-state index in [1.54, 1.807) is 10.9 Å². The van der Waals surface area contributed by atoms with E-state index in [0.717, 1.165) is 41.5 Å². The molecule has 1 fully saturated rings. The average molecular weight is 313 g/mol. The Morgan fingerprint density at radius 2 is 2.04 bits per heavy atom. The van der Waals surface area contributed by atoms with Crippen molar-refractivity contribution in [1.82, 2.24) is 14.5 Å². The predicted molar refractivity (Wildman–Crippen MR) is 89.4 cm³/mol. The Morgan fingerprint density at radius 3 is 2.78 bits per heavy atom. The molecule has 0 spiro atoms. The van der Waals surface area contributed by atoms with Crippen LogP contribution < -0.4 is 0 Å². The van der Waals surface area contributed by atoms with Gasteiger partial charge in [0, 0.05) is 19.5 Å². The minimum atomic E-state index is -0.265. The molecular weight excluding hydrogens is 290 g/mol. The number of carbonyl (C=O) groups is 2. The number of unbranched alkanes of at least 4 members (excludes halogenated alkanes) is 1. The lowest BCUT2D eigenvalue weighted by Crippen LogP contribution is -2.28. The van der Waals surface area contributed by atoms with Crippen LogP contribution in [-0.4, -0.2) is 39.4 Å². The zero-order chi connectivity index (χ0) is 16.6. The minimum Gasteiger partial charge on any atom is -0.342 e. The number of imidazole rings is 1. The number of rotatable bonds is 4. The molecule has 1 saturated heterocycles. The van der Waals surface area contributed by atoms with Gasteiger partial charge >= 0.3 is 0 Å². The Kier molecular flexibility index (Phi) is 4.20. The molecule has 2 heterocycles. The second-order valence-electron chi connectivity index (χ2n) is 6.47. The number of aromatic nitrogens is 2. The number of aryl methyl sites for hydroxylation is 2. The molecule has 0 aliphatic carbocycles. The molecule has 1 aromatic carbocycles. The lowest BCUT2D eigenvalue weighted by atomic mass is 10.1. The first-order valence-corrected chi connectivity index (χ1v) is 8.27. The van der Waals surface area contributed by atoms with Crippen LogP contribution in [0.3, 0.4) is 0 Å². The summed E-state index contributed by atoms with van der Waals surface area (Å²) in [6, 6.07) is 4.00. The van der Waals surface area contributed by atoms with Gasteiger partial charge in [-0.2, -0.15) is 0 Å². The van der Waals surface area contributed by atoms with E-state index < -0.39 is 0 Å². The summed E-state index contributed by atoms with van der Waals surface area (Å²) >= 11 is 0. The number of likely N-dealkylation sites (tertiary alicyclic amines) is 1. The SMILES string of the molecule is CCCCN1CC(C(=O)n2cnc3cc(C)c(C)cc32)CC1=O. The first-order valence-electron chi connectivity index (χ1n) is 8.27. The van der Waals surface area contributed by atoms with Crippen LogP contribution in [0.1, 0.15) is 42.1 Å². The first-order chi connectivity index (χ1) is 11.0. The molecule has 23 heavy (non-hydrogen) atoms. The number of benzene rings is 1. The maximum Gasteiger partial charge on any atom is 0.237 e. The van der Waals surface area contributed by atoms with Gasteiger partial charge in [0.05, 0.1) is 17.0 Å². The largest absolute Gasteiger partial charge is 0.342 e. The number of hydrogen-bond acceptors (Lipinski definition) is 3. The standard InChI is InChI=1S/C18H23N3O2/c1-4-5-6-20-10-14(9-17(20)22)18(23)21-11-19-15-7-12(2)13(3)8-16(15)21/h7-8,11,14H,4-6,9-10H2,1-3H3. The summed E-state index contributed by atoms with van der Waals surface area (Å²) in [6.45, 7) is 7.45.